The highest BCUT2D eigenvalue weighted by Crippen LogP contribution is 2.44. The van der Waals surface area contributed by atoms with Gasteiger partial charge in [0, 0.05) is 61.9 Å². The van der Waals surface area contributed by atoms with E-state index in [-0.39, 0.29) is 44.0 Å². The first-order chi connectivity index (χ1) is 20.0. The van der Waals surface area contributed by atoms with Crippen LogP contribution in [-0.2, 0) is 14.4 Å². The fourth-order valence-corrected chi connectivity index (χ4v) is 6.11. The predicted molar refractivity (Wildman–Crippen MR) is 153 cm³/mol. The molecule has 1 aromatic heterocycles. The summed E-state index contributed by atoms with van der Waals surface area (Å²) in [4.78, 5) is 58.8. The topological polar surface area (TPSA) is 111 Å². The van der Waals surface area contributed by atoms with Crippen LogP contribution in [0.3, 0.4) is 0 Å². The van der Waals surface area contributed by atoms with Gasteiger partial charge in [-0.3, -0.25) is 19.2 Å². The minimum absolute atomic E-state index is 0.0835. The number of hydrogen-bond acceptors (Lipinski definition) is 6. The zero-order valence-electron chi connectivity index (χ0n) is 22.8. The second-order valence-corrected chi connectivity index (χ2v) is 11.1. The number of thiazole rings is 1. The van der Waals surface area contributed by atoms with Gasteiger partial charge in [0.05, 0.1) is 11.4 Å². The van der Waals surface area contributed by atoms with Gasteiger partial charge < -0.3 is 19.8 Å². The van der Waals surface area contributed by atoms with Gasteiger partial charge in [-0.05, 0) is 13.0 Å². The maximum Gasteiger partial charge on any atom is 0.312 e. The van der Waals surface area contributed by atoms with Crippen LogP contribution in [0.5, 0.6) is 0 Å². The third-order valence-electron chi connectivity index (χ3n) is 7.30. The molecule has 2 aliphatic heterocycles. The molecule has 0 atom stereocenters. The van der Waals surface area contributed by atoms with Crippen LogP contribution < -0.4 is 4.90 Å². The summed E-state index contributed by atoms with van der Waals surface area (Å²) in [5.74, 6) is -6.29. The van der Waals surface area contributed by atoms with E-state index in [4.69, 9.17) is 5.11 Å². The minimum Gasteiger partial charge on any atom is -0.481 e. The number of carboxylic acid groups (broad SMARTS) is 1. The molecular weight excluding hydrogens is 566 g/mol. The van der Waals surface area contributed by atoms with E-state index in [2.05, 4.69) is 4.98 Å². The number of para-hydroxylation sites is 1. The summed E-state index contributed by atoms with van der Waals surface area (Å²) in [5, 5.41) is 9.50. The zero-order chi connectivity index (χ0) is 30.0. The molecule has 5 rings (SSSR count). The second kappa shape index (κ2) is 11.8. The maximum absolute atomic E-state index is 15.7. The third-order valence-corrected chi connectivity index (χ3v) is 8.49. The molecule has 12 heteroatoms. The summed E-state index contributed by atoms with van der Waals surface area (Å²) in [6, 6.07) is 15.7. The number of rotatable bonds is 5. The van der Waals surface area contributed by atoms with E-state index in [9.17, 15) is 19.2 Å². The van der Waals surface area contributed by atoms with Crippen molar-refractivity contribution >= 4 is 46.3 Å². The first kappa shape index (κ1) is 29.1. The molecule has 1 saturated heterocycles. The zero-order valence-corrected chi connectivity index (χ0v) is 23.6. The standard InChI is InChI=1S/C30H28F2N4O5S/c1-19-27(42-28(33-19)20-7-3-2-4-8-20)29(41)36-12-11-30(31,32)22(21-9-5-6-10-23(21)36)17-24(37)34-13-15-35(16-14-34)25(38)18-26(39)40/h2-10,17H,11-16,18H2,1H3,(H,39,40)/b22-17-. The number of aliphatic carboxylic acids is 1. The number of fused-ring (bicyclic) bond motifs is 1. The molecule has 0 spiro atoms. The second-order valence-electron chi connectivity index (χ2n) is 10.1. The number of alkyl halides is 2. The Labute approximate surface area is 244 Å². The van der Waals surface area contributed by atoms with Crippen molar-refractivity contribution in [3.05, 3.63) is 76.8 Å². The lowest BCUT2D eigenvalue weighted by Crippen LogP contribution is -2.50. The number of anilines is 1. The van der Waals surface area contributed by atoms with Gasteiger partial charge in [-0.2, -0.15) is 0 Å². The Morgan fingerprint density at radius 1 is 0.952 bits per heavy atom. The molecule has 3 amide bonds. The van der Waals surface area contributed by atoms with Crippen LogP contribution in [0.2, 0.25) is 0 Å². The summed E-state index contributed by atoms with van der Waals surface area (Å²) in [6.07, 6.45) is -0.411. The van der Waals surface area contributed by atoms with Gasteiger partial charge in [0.1, 0.15) is 16.3 Å². The number of carboxylic acids is 1. The Kier molecular flexibility index (Phi) is 8.17. The number of nitrogens with zero attached hydrogens (tertiary/aromatic N) is 4. The van der Waals surface area contributed by atoms with Gasteiger partial charge in [0.15, 0.2) is 0 Å². The van der Waals surface area contributed by atoms with Gasteiger partial charge in [-0.25, -0.2) is 13.8 Å². The van der Waals surface area contributed by atoms with E-state index in [0.29, 0.717) is 15.6 Å². The number of halogens is 2. The molecule has 2 aromatic carbocycles. The number of benzene rings is 2. The molecule has 2 aliphatic rings. The van der Waals surface area contributed by atoms with Crippen molar-refractivity contribution in [2.24, 2.45) is 0 Å². The van der Waals surface area contributed by atoms with Crippen molar-refractivity contribution in [2.75, 3.05) is 37.6 Å². The largest absolute Gasteiger partial charge is 0.481 e. The number of allylic oxidation sites excluding steroid dienone is 1. The highest BCUT2D eigenvalue weighted by Gasteiger charge is 2.42. The van der Waals surface area contributed by atoms with Gasteiger partial charge in [-0.15, -0.1) is 11.3 Å². The molecule has 3 heterocycles. The van der Waals surface area contributed by atoms with Crippen LogP contribution in [0.25, 0.3) is 16.1 Å². The summed E-state index contributed by atoms with van der Waals surface area (Å²) in [5.41, 5.74) is 1.24. The molecule has 0 radical (unpaired) electrons. The molecule has 0 bridgehead atoms. The first-order valence-corrected chi connectivity index (χ1v) is 14.2. The van der Waals surface area contributed by atoms with Crippen molar-refractivity contribution in [1.29, 1.82) is 0 Å². The molecule has 0 saturated carbocycles. The summed E-state index contributed by atoms with van der Waals surface area (Å²) >= 11 is 1.21. The van der Waals surface area contributed by atoms with Crippen LogP contribution in [0, 0.1) is 6.92 Å². The Balaban J connectivity index is 1.42. The molecule has 218 valence electrons. The van der Waals surface area contributed by atoms with Crippen LogP contribution in [0.15, 0.2) is 60.7 Å². The van der Waals surface area contributed by atoms with E-state index in [1.807, 2.05) is 30.3 Å². The number of carbonyl (C=O) groups is 4. The van der Waals surface area contributed by atoms with Crippen molar-refractivity contribution in [2.45, 2.75) is 25.7 Å². The van der Waals surface area contributed by atoms with Crippen LogP contribution in [0.4, 0.5) is 14.5 Å². The number of aryl methyl sites for hydroxylation is 1. The molecule has 1 fully saturated rings. The van der Waals surface area contributed by atoms with Gasteiger partial charge in [0.2, 0.25) is 11.8 Å². The number of hydrogen-bond donors (Lipinski definition) is 1. The number of amides is 3. The van der Waals surface area contributed by atoms with Gasteiger partial charge in [-0.1, -0.05) is 48.5 Å². The SMILES string of the molecule is Cc1nc(-c2ccccc2)sc1C(=O)N1CCC(F)(F)/C(=C\C(=O)N2CCN(C(=O)CC(=O)O)CC2)c2ccccc21. The lowest BCUT2D eigenvalue weighted by atomic mass is 9.96. The molecule has 42 heavy (non-hydrogen) atoms. The van der Waals surface area contributed by atoms with Gasteiger partial charge >= 0.3 is 5.97 Å². The first-order valence-electron chi connectivity index (χ1n) is 13.4. The highest BCUT2D eigenvalue weighted by atomic mass is 32.1. The van der Waals surface area contributed by atoms with Crippen LogP contribution >= 0.6 is 11.3 Å². The lowest BCUT2D eigenvalue weighted by molar-refractivity contribution is -0.146. The average Bonchev–Trinajstić information content (AvgIpc) is 3.33. The molecule has 3 aromatic rings. The summed E-state index contributed by atoms with van der Waals surface area (Å²) in [6.45, 7) is 1.83. The molecule has 0 unspecified atom stereocenters. The van der Waals surface area contributed by atoms with E-state index in [0.717, 1.165) is 11.6 Å². The number of carbonyl (C=O) groups excluding carboxylic acids is 3. The monoisotopic (exact) mass is 594 g/mol. The third kappa shape index (κ3) is 5.94. The lowest BCUT2D eigenvalue weighted by Gasteiger charge is -2.34. The maximum atomic E-state index is 15.7. The van der Waals surface area contributed by atoms with Crippen molar-refractivity contribution in [1.82, 2.24) is 14.8 Å². The Morgan fingerprint density at radius 3 is 2.29 bits per heavy atom. The summed E-state index contributed by atoms with van der Waals surface area (Å²) < 4.78 is 31.3. The quantitative estimate of drug-likeness (QED) is 0.348. The number of aromatic nitrogens is 1. The fraction of sp³-hybridized carbons (Fsp3) is 0.300. The van der Waals surface area contributed by atoms with Crippen molar-refractivity contribution < 1.29 is 33.1 Å². The Bertz CT molecular complexity index is 1560. The highest BCUT2D eigenvalue weighted by molar-refractivity contribution is 7.17. The normalized spacial score (nSPS) is 17.5. The molecular formula is C30H28F2N4O5S. The number of piperazine rings is 1. The van der Waals surface area contributed by atoms with Crippen molar-refractivity contribution in [3.8, 4) is 10.6 Å². The Hall–Kier alpha value is -4.45. The molecule has 0 aliphatic carbocycles. The van der Waals surface area contributed by atoms with Gasteiger partial charge in [0.25, 0.3) is 11.8 Å². The van der Waals surface area contributed by atoms with E-state index < -0.39 is 48.0 Å². The van der Waals surface area contributed by atoms with E-state index in [1.165, 1.54) is 32.1 Å². The Morgan fingerprint density at radius 2 is 1.60 bits per heavy atom. The van der Waals surface area contributed by atoms with Crippen LogP contribution in [0.1, 0.15) is 33.8 Å². The minimum atomic E-state index is -3.40. The smallest absolute Gasteiger partial charge is 0.312 e. The predicted octanol–water partition coefficient (Wildman–Crippen LogP) is 4.33. The fourth-order valence-electron chi connectivity index (χ4n) is 5.09. The molecule has 1 N–H and O–H groups in total. The average molecular weight is 595 g/mol. The van der Waals surface area contributed by atoms with E-state index in [1.54, 1.807) is 25.1 Å². The summed E-state index contributed by atoms with van der Waals surface area (Å²) in [7, 11) is 0. The van der Waals surface area contributed by atoms with Crippen LogP contribution in [-0.4, -0.2) is 82.2 Å². The van der Waals surface area contributed by atoms with E-state index >= 15 is 8.78 Å². The molecule has 9 nitrogen and oxygen atoms in total. The van der Waals surface area contributed by atoms with Crippen molar-refractivity contribution in [3.63, 3.8) is 0 Å².